The molecule has 1 rings (SSSR count). The first-order chi connectivity index (χ1) is 4.75. The van der Waals surface area contributed by atoms with Crippen LogP contribution in [0.25, 0.3) is 0 Å². The molecule has 1 heterocycles. The van der Waals surface area contributed by atoms with Gasteiger partial charge in [-0.2, -0.15) is 0 Å². The van der Waals surface area contributed by atoms with Gasteiger partial charge in [-0.25, -0.2) is 9.37 Å². The Kier molecular flexibility index (Phi) is 2.42. The van der Waals surface area contributed by atoms with Crippen molar-refractivity contribution in [2.24, 2.45) is 0 Å². The van der Waals surface area contributed by atoms with Crippen molar-refractivity contribution >= 4 is 22.6 Å². The molecule has 0 aliphatic rings. The van der Waals surface area contributed by atoms with Crippen molar-refractivity contribution in [1.29, 1.82) is 0 Å². The second kappa shape index (κ2) is 3.14. The fourth-order valence-corrected chi connectivity index (χ4v) is 1.22. The summed E-state index contributed by atoms with van der Waals surface area (Å²) >= 11 is 1.91. The molecule has 54 valence electrons. The minimum Gasteiger partial charge on any atom is -0.491 e. The molecule has 0 spiro atoms. The number of hydrogen-bond acceptors (Lipinski definition) is 2. The van der Waals surface area contributed by atoms with Gasteiger partial charge in [0.25, 0.3) is 0 Å². The summed E-state index contributed by atoms with van der Waals surface area (Å²) in [5.74, 6) is -0.162. The van der Waals surface area contributed by atoms with E-state index in [9.17, 15) is 4.39 Å². The van der Waals surface area contributed by atoms with Crippen molar-refractivity contribution in [3.8, 4) is 5.75 Å². The maximum absolute atomic E-state index is 12.7. The molecule has 1 aromatic rings. The number of pyridine rings is 1. The number of hydrogen-bond donors (Lipinski definition) is 0. The minimum atomic E-state index is -0.373. The fourth-order valence-electron chi connectivity index (χ4n) is 0.583. The standard InChI is InChI=1S/C6H5FINO/c1-10-5-4(7)2-3-9-6(5)8/h2-3H,1H3. The summed E-state index contributed by atoms with van der Waals surface area (Å²) in [5.41, 5.74) is 0. The van der Waals surface area contributed by atoms with Crippen molar-refractivity contribution < 1.29 is 9.13 Å². The zero-order valence-corrected chi connectivity index (χ0v) is 7.42. The molecule has 0 fully saturated rings. The molecule has 1 aromatic heterocycles. The van der Waals surface area contributed by atoms with E-state index < -0.39 is 0 Å². The summed E-state index contributed by atoms with van der Waals surface area (Å²) in [7, 11) is 1.42. The van der Waals surface area contributed by atoms with Crippen LogP contribution in [0.15, 0.2) is 12.3 Å². The Morgan fingerprint density at radius 1 is 1.70 bits per heavy atom. The molecule has 2 nitrogen and oxygen atoms in total. The zero-order chi connectivity index (χ0) is 7.56. The quantitative estimate of drug-likeness (QED) is 0.562. The lowest BCUT2D eigenvalue weighted by Gasteiger charge is -2.00. The summed E-state index contributed by atoms with van der Waals surface area (Å²) < 4.78 is 18.0. The van der Waals surface area contributed by atoms with Gasteiger partial charge >= 0.3 is 0 Å². The predicted molar refractivity (Wildman–Crippen MR) is 43.5 cm³/mol. The summed E-state index contributed by atoms with van der Waals surface area (Å²) in [6.07, 6.45) is 1.40. The molecular weight excluding hydrogens is 248 g/mol. The molecule has 0 aliphatic carbocycles. The molecule has 0 radical (unpaired) electrons. The third kappa shape index (κ3) is 1.36. The van der Waals surface area contributed by atoms with Crippen LogP contribution >= 0.6 is 22.6 Å². The first-order valence-electron chi connectivity index (χ1n) is 2.59. The van der Waals surface area contributed by atoms with Gasteiger partial charge in [0.1, 0.15) is 3.70 Å². The van der Waals surface area contributed by atoms with Crippen LogP contribution in [-0.4, -0.2) is 12.1 Å². The van der Waals surface area contributed by atoms with Gasteiger partial charge in [0.2, 0.25) is 0 Å². The van der Waals surface area contributed by atoms with Crippen LogP contribution in [0.5, 0.6) is 5.75 Å². The monoisotopic (exact) mass is 253 g/mol. The topological polar surface area (TPSA) is 22.1 Å². The molecular formula is C6H5FINO. The van der Waals surface area contributed by atoms with Crippen LogP contribution in [-0.2, 0) is 0 Å². The Morgan fingerprint density at radius 3 is 2.80 bits per heavy atom. The largest absolute Gasteiger partial charge is 0.491 e. The van der Waals surface area contributed by atoms with Gasteiger partial charge < -0.3 is 4.74 Å². The Hall–Kier alpha value is -0.390. The Bertz CT molecular complexity index is 221. The van der Waals surface area contributed by atoms with E-state index in [4.69, 9.17) is 4.74 Å². The zero-order valence-electron chi connectivity index (χ0n) is 5.27. The Morgan fingerprint density at radius 2 is 2.40 bits per heavy atom. The molecule has 10 heavy (non-hydrogen) atoms. The minimum absolute atomic E-state index is 0.211. The van der Waals surface area contributed by atoms with Crippen LogP contribution in [0.2, 0.25) is 0 Å². The number of nitrogens with zero attached hydrogens (tertiary/aromatic N) is 1. The Balaban J connectivity index is 3.17. The number of rotatable bonds is 1. The van der Waals surface area contributed by atoms with Crippen LogP contribution in [0, 0.1) is 9.52 Å². The van der Waals surface area contributed by atoms with Crippen molar-refractivity contribution in [3.63, 3.8) is 0 Å². The van der Waals surface area contributed by atoms with E-state index in [1.165, 1.54) is 19.4 Å². The lowest BCUT2D eigenvalue weighted by molar-refractivity contribution is 0.380. The van der Waals surface area contributed by atoms with Gasteiger partial charge in [0.05, 0.1) is 7.11 Å². The second-order valence-corrected chi connectivity index (χ2v) is 2.64. The van der Waals surface area contributed by atoms with Crippen molar-refractivity contribution in [2.75, 3.05) is 7.11 Å². The van der Waals surface area contributed by atoms with Gasteiger partial charge in [0, 0.05) is 6.20 Å². The van der Waals surface area contributed by atoms with Crippen LogP contribution < -0.4 is 4.74 Å². The highest BCUT2D eigenvalue weighted by Crippen LogP contribution is 2.20. The maximum Gasteiger partial charge on any atom is 0.186 e. The summed E-state index contributed by atoms with van der Waals surface area (Å²) in [6, 6.07) is 1.26. The highest BCUT2D eigenvalue weighted by atomic mass is 127. The van der Waals surface area contributed by atoms with E-state index in [2.05, 4.69) is 4.98 Å². The maximum atomic E-state index is 12.7. The van der Waals surface area contributed by atoms with Crippen molar-refractivity contribution in [3.05, 3.63) is 21.8 Å². The normalized spacial score (nSPS) is 9.50. The number of aromatic nitrogens is 1. The molecule has 0 atom stereocenters. The van der Waals surface area contributed by atoms with Gasteiger partial charge in [-0.1, -0.05) is 0 Å². The third-order valence-electron chi connectivity index (χ3n) is 1.02. The van der Waals surface area contributed by atoms with Gasteiger partial charge in [-0.05, 0) is 28.7 Å². The van der Waals surface area contributed by atoms with Gasteiger partial charge in [-0.15, -0.1) is 0 Å². The van der Waals surface area contributed by atoms with E-state index in [-0.39, 0.29) is 11.6 Å². The smallest absolute Gasteiger partial charge is 0.186 e. The van der Waals surface area contributed by atoms with Crippen LogP contribution in [0.1, 0.15) is 0 Å². The van der Waals surface area contributed by atoms with Crippen LogP contribution in [0.3, 0.4) is 0 Å². The number of ether oxygens (including phenoxy) is 1. The highest BCUT2D eigenvalue weighted by molar-refractivity contribution is 14.1. The molecule has 0 aromatic carbocycles. The van der Waals surface area contributed by atoms with Crippen molar-refractivity contribution in [1.82, 2.24) is 4.98 Å². The third-order valence-corrected chi connectivity index (χ3v) is 1.79. The summed E-state index contributed by atoms with van der Waals surface area (Å²) in [4.78, 5) is 3.83. The molecule has 4 heteroatoms. The lowest BCUT2D eigenvalue weighted by atomic mass is 10.4. The van der Waals surface area contributed by atoms with Crippen molar-refractivity contribution in [2.45, 2.75) is 0 Å². The molecule has 0 unspecified atom stereocenters. The van der Waals surface area contributed by atoms with E-state index in [0.29, 0.717) is 3.70 Å². The Labute approximate surface area is 71.6 Å². The van der Waals surface area contributed by atoms with Gasteiger partial charge in [-0.3, -0.25) is 0 Å². The van der Waals surface area contributed by atoms with E-state index in [1.54, 1.807) is 0 Å². The fraction of sp³-hybridized carbons (Fsp3) is 0.167. The predicted octanol–water partition coefficient (Wildman–Crippen LogP) is 1.83. The van der Waals surface area contributed by atoms with Gasteiger partial charge in [0.15, 0.2) is 11.6 Å². The highest BCUT2D eigenvalue weighted by Gasteiger charge is 2.05. The summed E-state index contributed by atoms with van der Waals surface area (Å²) in [5, 5.41) is 0. The van der Waals surface area contributed by atoms with E-state index in [1.807, 2.05) is 22.6 Å². The lowest BCUT2D eigenvalue weighted by Crippen LogP contribution is -1.92. The molecule has 0 saturated heterocycles. The first-order valence-corrected chi connectivity index (χ1v) is 3.67. The number of methoxy groups -OCH3 is 1. The molecule has 0 aliphatic heterocycles. The van der Waals surface area contributed by atoms with Crippen LogP contribution in [0.4, 0.5) is 4.39 Å². The molecule has 0 amide bonds. The first kappa shape index (κ1) is 7.71. The molecule has 0 bridgehead atoms. The SMILES string of the molecule is COc1c(F)ccnc1I. The average molecular weight is 253 g/mol. The number of halogens is 2. The van der Waals surface area contributed by atoms with E-state index >= 15 is 0 Å². The summed E-state index contributed by atoms with van der Waals surface area (Å²) in [6.45, 7) is 0. The molecule has 0 N–H and O–H groups in total. The second-order valence-electron chi connectivity index (χ2n) is 1.62. The van der Waals surface area contributed by atoms with E-state index in [0.717, 1.165) is 0 Å². The molecule has 0 saturated carbocycles. The average Bonchev–Trinajstić information content (AvgIpc) is 1.88.